The summed E-state index contributed by atoms with van der Waals surface area (Å²) in [4.78, 5) is 4.20. The number of nitrogens with zero attached hydrogens (tertiary/aromatic N) is 4. The van der Waals surface area contributed by atoms with Crippen LogP contribution in [0.4, 0.5) is 11.4 Å². The molecule has 2 heterocycles. The van der Waals surface area contributed by atoms with Crippen LogP contribution in [0.5, 0.6) is 11.5 Å². The molecule has 2 aromatic heterocycles. The Kier molecular flexibility index (Phi) is 12.6. The summed E-state index contributed by atoms with van der Waals surface area (Å²) in [6, 6.07) is 25.0. The lowest BCUT2D eigenvalue weighted by Crippen LogP contribution is -3.00. The lowest BCUT2D eigenvalue weighted by atomic mass is 10.2. The number of anilines is 2. The van der Waals surface area contributed by atoms with Gasteiger partial charge in [-0.05, 0) is 48.5 Å². The molecule has 0 saturated carbocycles. The van der Waals surface area contributed by atoms with Crippen LogP contribution in [-0.4, -0.2) is 41.4 Å². The van der Waals surface area contributed by atoms with Crippen molar-refractivity contribution in [3.8, 4) is 11.5 Å². The number of aromatic nitrogens is 2. The second kappa shape index (κ2) is 15.3. The van der Waals surface area contributed by atoms with Gasteiger partial charge in [-0.15, -0.1) is 0 Å². The van der Waals surface area contributed by atoms with E-state index in [1.807, 2.05) is 52.5 Å². The van der Waals surface area contributed by atoms with Crippen LogP contribution < -0.4 is 62.4 Å². The van der Waals surface area contributed by atoms with Crippen LogP contribution in [-0.2, 0) is 13.1 Å². The fourth-order valence-corrected chi connectivity index (χ4v) is 3.83. The highest BCUT2D eigenvalue weighted by Crippen LogP contribution is 2.15. The minimum absolute atomic E-state index is 0. The molecule has 0 N–H and O–H groups in total. The molecule has 0 aliphatic heterocycles. The highest BCUT2D eigenvalue weighted by molar-refractivity contribution is 5.42. The van der Waals surface area contributed by atoms with Gasteiger partial charge in [0.1, 0.15) is 24.7 Å². The molecule has 0 spiro atoms. The predicted molar refractivity (Wildman–Crippen MR) is 144 cm³/mol. The molecule has 0 unspecified atom stereocenters. The molecule has 0 fully saturated rings. The first kappa shape index (κ1) is 31.1. The Morgan fingerprint density at radius 1 is 0.500 bits per heavy atom. The zero-order chi connectivity index (χ0) is 25.3. The maximum atomic E-state index is 5.86. The van der Waals surface area contributed by atoms with Crippen molar-refractivity contribution in [1.82, 2.24) is 0 Å². The van der Waals surface area contributed by atoms with Crippen LogP contribution in [0.3, 0.4) is 0 Å². The Morgan fingerprint density at radius 2 is 0.816 bits per heavy atom. The van der Waals surface area contributed by atoms with Crippen molar-refractivity contribution in [1.29, 1.82) is 0 Å². The maximum absolute atomic E-state index is 5.86. The molecule has 2 aromatic carbocycles. The van der Waals surface area contributed by atoms with E-state index in [1.165, 1.54) is 22.5 Å². The van der Waals surface area contributed by atoms with E-state index in [2.05, 4.69) is 92.3 Å². The van der Waals surface area contributed by atoms with Crippen molar-refractivity contribution in [2.75, 3.05) is 51.2 Å². The summed E-state index contributed by atoms with van der Waals surface area (Å²) in [5, 5.41) is 0. The summed E-state index contributed by atoms with van der Waals surface area (Å²) in [5.74, 6) is 1.70. The fourth-order valence-electron chi connectivity index (χ4n) is 3.83. The van der Waals surface area contributed by atoms with Crippen LogP contribution in [0, 0.1) is 0 Å². The Balaban J connectivity index is 0.00000253. The van der Waals surface area contributed by atoms with Gasteiger partial charge in [0.25, 0.3) is 0 Å². The van der Waals surface area contributed by atoms with Gasteiger partial charge in [-0.3, -0.25) is 0 Å². The van der Waals surface area contributed by atoms with E-state index in [-0.39, 0.29) is 34.0 Å². The molecule has 8 heteroatoms. The Bertz CT molecular complexity index is 1120. The molecule has 0 aliphatic rings. The molecule has 0 bridgehead atoms. The topological polar surface area (TPSA) is 32.7 Å². The van der Waals surface area contributed by atoms with Crippen molar-refractivity contribution in [2.24, 2.45) is 0 Å². The average Bonchev–Trinajstić information content (AvgIpc) is 2.89. The van der Waals surface area contributed by atoms with E-state index >= 15 is 0 Å². The SMILES string of the molecule is CN(C)c1cc[n+](Cc2ccc(OCCOc3ccc(C[n+]4ccc(N(C)C)cc4)cc3)cc2)cc1.[Br-].[Br-]. The standard InChI is InChI=1S/C30H36N4O2.2BrH/c1-31(2)27-13-17-33(18-14-27)23-25-5-9-29(10-6-25)35-21-22-36-30-11-7-26(8-12-30)24-34-19-15-28(16-20-34)32(3)4;;/h5-20H,21-24H2,1-4H3;2*1H/q+2;;/p-2. The third kappa shape index (κ3) is 9.33. The van der Waals surface area contributed by atoms with Gasteiger partial charge in [0, 0.05) is 75.0 Å². The Morgan fingerprint density at radius 3 is 1.11 bits per heavy atom. The van der Waals surface area contributed by atoms with Crippen LogP contribution in [0.15, 0.2) is 97.6 Å². The molecule has 0 atom stereocenters. The summed E-state index contributed by atoms with van der Waals surface area (Å²) in [5.41, 5.74) is 4.84. The molecule has 6 nitrogen and oxygen atoms in total. The van der Waals surface area contributed by atoms with E-state index in [9.17, 15) is 0 Å². The highest BCUT2D eigenvalue weighted by atomic mass is 79.9. The van der Waals surface area contributed by atoms with Gasteiger partial charge in [-0.1, -0.05) is 0 Å². The van der Waals surface area contributed by atoms with Gasteiger partial charge in [0.2, 0.25) is 0 Å². The first-order valence-electron chi connectivity index (χ1n) is 12.2. The van der Waals surface area contributed by atoms with Crippen molar-refractivity contribution < 1.29 is 52.6 Å². The number of benzene rings is 2. The zero-order valence-corrected chi connectivity index (χ0v) is 25.6. The fraction of sp³-hybridized carbons (Fsp3) is 0.267. The zero-order valence-electron chi connectivity index (χ0n) is 22.4. The first-order chi connectivity index (χ1) is 17.5. The molecular formula is C30H36Br2N4O2. The van der Waals surface area contributed by atoms with E-state index < -0.39 is 0 Å². The maximum Gasteiger partial charge on any atom is 0.173 e. The molecule has 0 radical (unpaired) electrons. The molecule has 4 aromatic rings. The molecule has 4 rings (SSSR count). The quantitative estimate of drug-likeness (QED) is 0.139. The van der Waals surface area contributed by atoms with Crippen molar-refractivity contribution in [2.45, 2.75) is 13.1 Å². The van der Waals surface area contributed by atoms with Gasteiger partial charge in [-0.25, -0.2) is 9.13 Å². The van der Waals surface area contributed by atoms with Crippen LogP contribution in [0.2, 0.25) is 0 Å². The summed E-state index contributed by atoms with van der Waals surface area (Å²) in [7, 11) is 8.19. The number of pyridine rings is 2. The lowest BCUT2D eigenvalue weighted by molar-refractivity contribution is -0.688. The number of halogens is 2. The van der Waals surface area contributed by atoms with Gasteiger partial charge in [0.05, 0.1) is 0 Å². The van der Waals surface area contributed by atoms with Crippen LogP contribution in [0.1, 0.15) is 11.1 Å². The van der Waals surface area contributed by atoms with Crippen molar-refractivity contribution in [3.05, 3.63) is 109 Å². The molecule has 0 aliphatic carbocycles. The van der Waals surface area contributed by atoms with Gasteiger partial charge < -0.3 is 53.2 Å². The molecular weight excluding hydrogens is 608 g/mol. The lowest BCUT2D eigenvalue weighted by Gasteiger charge is -2.11. The molecule has 0 saturated heterocycles. The number of ether oxygens (including phenoxy) is 2. The van der Waals surface area contributed by atoms with Crippen LogP contribution >= 0.6 is 0 Å². The van der Waals surface area contributed by atoms with E-state index in [0.717, 1.165) is 24.6 Å². The number of hydrogen-bond acceptors (Lipinski definition) is 4. The summed E-state index contributed by atoms with van der Waals surface area (Å²) in [6.07, 6.45) is 8.41. The molecule has 38 heavy (non-hydrogen) atoms. The molecule has 202 valence electrons. The van der Waals surface area contributed by atoms with Crippen LogP contribution in [0.25, 0.3) is 0 Å². The van der Waals surface area contributed by atoms with Crippen molar-refractivity contribution >= 4 is 11.4 Å². The largest absolute Gasteiger partial charge is 1.00 e. The van der Waals surface area contributed by atoms with E-state index in [4.69, 9.17) is 9.47 Å². The Labute approximate surface area is 247 Å². The predicted octanol–water partition coefficient (Wildman–Crippen LogP) is -2.04. The second-order valence-corrected chi connectivity index (χ2v) is 9.23. The van der Waals surface area contributed by atoms with Gasteiger partial charge in [-0.2, -0.15) is 0 Å². The normalized spacial score (nSPS) is 10.1. The van der Waals surface area contributed by atoms with Gasteiger partial charge >= 0.3 is 0 Å². The highest BCUT2D eigenvalue weighted by Gasteiger charge is 2.06. The average molecular weight is 644 g/mol. The summed E-state index contributed by atoms with van der Waals surface area (Å²) < 4.78 is 16.1. The second-order valence-electron chi connectivity index (χ2n) is 9.23. The first-order valence-corrected chi connectivity index (χ1v) is 12.2. The van der Waals surface area contributed by atoms with E-state index in [0.29, 0.717) is 13.2 Å². The summed E-state index contributed by atoms with van der Waals surface area (Å²) in [6.45, 7) is 2.64. The van der Waals surface area contributed by atoms with Gasteiger partial charge in [0.15, 0.2) is 37.9 Å². The van der Waals surface area contributed by atoms with E-state index in [1.54, 1.807) is 0 Å². The third-order valence-electron chi connectivity index (χ3n) is 5.98. The number of rotatable bonds is 11. The third-order valence-corrected chi connectivity index (χ3v) is 5.98. The molecule has 0 amide bonds. The smallest absolute Gasteiger partial charge is 0.173 e. The monoisotopic (exact) mass is 642 g/mol. The van der Waals surface area contributed by atoms with Crippen molar-refractivity contribution in [3.63, 3.8) is 0 Å². The number of hydrogen-bond donors (Lipinski definition) is 0. The minimum atomic E-state index is 0. The minimum Gasteiger partial charge on any atom is -1.00 e. The summed E-state index contributed by atoms with van der Waals surface area (Å²) >= 11 is 0. The Hall–Kier alpha value is -3.10.